The fourth-order valence-electron chi connectivity index (χ4n) is 7.08. The minimum absolute atomic E-state index is 0.142. The third kappa shape index (κ3) is 4.55. The van der Waals surface area contributed by atoms with E-state index < -0.39 is 11.2 Å². The molecule has 1 aliphatic heterocycles. The lowest BCUT2D eigenvalue weighted by molar-refractivity contribution is -0.129. The Morgan fingerprint density at radius 3 is 1.64 bits per heavy atom. The summed E-state index contributed by atoms with van der Waals surface area (Å²) < 4.78 is 14.2. The number of rotatable bonds is 8. The molecule has 0 aromatic carbocycles. The van der Waals surface area contributed by atoms with Gasteiger partial charge in [0.1, 0.15) is 0 Å². The SMILES string of the molecule is CC(C)/C=C/C(C)(C)C1(C)OB(CC2CCC3CC2C3(C)C)OC1(C)C(C)(C)/C=C/C(C)C. The smallest absolute Gasteiger partial charge is 0.402 e. The zero-order chi connectivity index (χ0) is 25.0. The van der Waals surface area contributed by atoms with Gasteiger partial charge in [-0.3, -0.25) is 0 Å². The molecule has 2 nitrogen and oxygen atoms in total. The van der Waals surface area contributed by atoms with Crippen molar-refractivity contribution in [2.75, 3.05) is 0 Å². The summed E-state index contributed by atoms with van der Waals surface area (Å²) in [6, 6.07) is 0. The zero-order valence-corrected chi connectivity index (χ0v) is 23.9. The molecule has 0 N–H and O–H groups in total. The van der Waals surface area contributed by atoms with E-state index in [0.717, 1.165) is 18.2 Å². The molecular weight excluding hydrogens is 403 g/mol. The molecule has 0 spiro atoms. The maximum absolute atomic E-state index is 7.08. The van der Waals surface area contributed by atoms with Gasteiger partial charge in [-0.2, -0.15) is 0 Å². The topological polar surface area (TPSA) is 18.5 Å². The van der Waals surface area contributed by atoms with Gasteiger partial charge in [-0.05, 0) is 68.0 Å². The third-order valence-corrected chi connectivity index (χ3v) is 10.4. The van der Waals surface area contributed by atoms with Crippen LogP contribution in [-0.2, 0) is 9.31 Å². The molecule has 4 rings (SSSR count). The largest absolute Gasteiger partial charge is 0.458 e. The van der Waals surface area contributed by atoms with Crippen molar-refractivity contribution in [2.45, 2.75) is 120 Å². The van der Waals surface area contributed by atoms with Gasteiger partial charge >= 0.3 is 7.12 Å². The van der Waals surface area contributed by atoms with Gasteiger partial charge in [-0.25, -0.2) is 0 Å². The summed E-state index contributed by atoms with van der Waals surface area (Å²) in [6.45, 7) is 27.9. The van der Waals surface area contributed by atoms with Crippen molar-refractivity contribution in [3.63, 3.8) is 0 Å². The monoisotopic (exact) mass is 456 g/mol. The van der Waals surface area contributed by atoms with E-state index in [9.17, 15) is 0 Å². The highest BCUT2D eigenvalue weighted by molar-refractivity contribution is 6.45. The highest BCUT2D eigenvalue weighted by Crippen LogP contribution is 2.63. The second-order valence-electron chi connectivity index (χ2n) is 14.3. The molecule has 1 saturated heterocycles. The van der Waals surface area contributed by atoms with E-state index in [2.05, 4.69) is 107 Å². The average Bonchev–Trinajstić information content (AvgIpc) is 2.97. The maximum Gasteiger partial charge on any atom is 0.458 e. The molecule has 3 saturated carbocycles. The quantitative estimate of drug-likeness (QED) is 0.269. The molecule has 0 radical (unpaired) electrons. The second-order valence-corrected chi connectivity index (χ2v) is 14.3. The van der Waals surface area contributed by atoms with Crippen LogP contribution < -0.4 is 0 Å². The number of hydrogen-bond acceptors (Lipinski definition) is 2. The van der Waals surface area contributed by atoms with E-state index in [1.54, 1.807) is 0 Å². The van der Waals surface area contributed by atoms with Gasteiger partial charge in [0.25, 0.3) is 0 Å². The first-order valence-corrected chi connectivity index (χ1v) is 13.7. The van der Waals surface area contributed by atoms with E-state index >= 15 is 0 Å². The highest BCUT2D eigenvalue weighted by atomic mass is 16.7. The lowest BCUT2D eigenvalue weighted by Crippen LogP contribution is -2.62. The molecule has 5 atom stereocenters. The first-order chi connectivity index (χ1) is 15.0. The summed E-state index contributed by atoms with van der Waals surface area (Å²) in [5.74, 6) is 3.50. The summed E-state index contributed by atoms with van der Waals surface area (Å²) >= 11 is 0. The Morgan fingerprint density at radius 1 is 0.818 bits per heavy atom. The minimum Gasteiger partial charge on any atom is -0.402 e. The van der Waals surface area contributed by atoms with Crippen LogP contribution in [0.1, 0.15) is 102 Å². The Morgan fingerprint density at radius 2 is 1.27 bits per heavy atom. The van der Waals surface area contributed by atoms with Gasteiger partial charge in [-0.1, -0.05) is 100.0 Å². The molecular formula is C30H53BO2. The molecule has 3 aliphatic carbocycles. The van der Waals surface area contributed by atoms with Crippen LogP contribution in [0.5, 0.6) is 0 Å². The number of fused-ring (bicyclic) bond motifs is 2. The molecule has 4 fully saturated rings. The molecule has 5 unspecified atom stereocenters. The van der Waals surface area contributed by atoms with Crippen molar-refractivity contribution >= 4 is 7.12 Å². The fraction of sp³-hybridized carbons (Fsp3) is 0.867. The van der Waals surface area contributed by atoms with E-state index in [1.165, 1.54) is 19.3 Å². The summed E-state index contributed by atoms with van der Waals surface area (Å²) in [4.78, 5) is 0. The molecule has 0 aromatic heterocycles. The third-order valence-electron chi connectivity index (χ3n) is 10.4. The van der Waals surface area contributed by atoms with Gasteiger partial charge in [-0.15, -0.1) is 0 Å². The van der Waals surface area contributed by atoms with Crippen LogP contribution in [-0.4, -0.2) is 18.3 Å². The molecule has 3 heteroatoms. The van der Waals surface area contributed by atoms with Crippen LogP contribution in [0.2, 0.25) is 6.32 Å². The van der Waals surface area contributed by atoms with Crippen molar-refractivity contribution in [3.05, 3.63) is 24.3 Å². The van der Waals surface area contributed by atoms with Gasteiger partial charge in [0.15, 0.2) is 0 Å². The lowest BCUT2D eigenvalue weighted by Gasteiger charge is -2.60. The zero-order valence-electron chi connectivity index (χ0n) is 23.9. The van der Waals surface area contributed by atoms with E-state index in [4.69, 9.17) is 9.31 Å². The average molecular weight is 457 g/mol. The Bertz CT molecular complexity index is 715. The van der Waals surface area contributed by atoms with Gasteiger partial charge in [0, 0.05) is 10.8 Å². The standard InChI is InChI=1S/C30H53BO2/c1-21(2)15-17-26(5,6)29(11)30(12,27(7,8)18-16-22(3)4)33-31(32-29)20-23-13-14-24-19-25(23)28(24,9)10/h15-18,21-25H,13-14,19-20H2,1-12H3/b17-15+,18-16+. The highest BCUT2D eigenvalue weighted by Gasteiger charge is 2.67. The van der Waals surface area contributed by atoms with E-state index in [0.29, 0.717) is 23.2 Å². The van der Waals surface area contributed by atoms with Crippen molar-refractivity contribution < 1.29 is 9.31 Å². The van der Waals surface area contributed by atoms with Crippen molar-refractivity contribution in [3.8, 4) is 0 Å². The van der Waals surface area contributed by atoms with Crippen molar-refractivity contribution in [1.29, 1.82) is 0 Å². The van der Waals surface area contributed by atoms with Crippen LogP contribution >= 0.6 is 0 Å². The predicted octanol–water partition coefficient (Wildman–Crippen LogP) is 8.59. The summed E-state index contributed by atoms with van der Waals surface area (Å²) in [7, 11) is -0.142. The lowest BCUT2D eigenvalue weighted by atomic mass is 9.43. The first-order valence-electron chi connectivity index (χ1n) is 13.7. The predicted molar refractivity (Wildman–Crippen MR) is 143 cm³/mol. The fourth-order valence-corrected chi connectivity index (χ4v) is 7.08. The Hall–Kier alpha value is -0.535. The van der Waals surface area contributed by atoms with Crippen LogP contribution in [0, 0.1) is 45.8 Å². The van der Waals surface area contributed by atoms with Gasteiger partial charge in [0.2, 0.25) is 0 Å². The normalized spacial score (nSPS) is 37.0. The van der Waals surface area contributed by atoms with E-state index in [1.807, 2.05) is 0 Å². The number of hydrogen-bond donors (Lipinski definition) is 0. The van der Waals surface area contributed by atoms with Crippen LogP contribution in [0.4, 0.5) is 0 Å². The molecule has 4 aliphatic rings. The first kappa shape index (κ1) is 27.1. The molecule has 1 heterocycles. The van der Waals surface area contributed by atoms with Crippen LogP contribution in [0.15, 0.2) is 24.3 Å². The van der Waals surface area contributed by atoms with Crippen molar-refractivity contribution in [2.24, 2.45) is 45.8 Å². The van der Waals surface area contributed by atoms with Gasteiger partial charge in [0.05, 0.1) is 11.2 Å². The van der Waals surface area contributed by atoms with Crippen molar-refractivity contribution in [1.82, 2.24) is 0 Å². The van der Waals surface area contributed by atoms with Gasteiger partial charge < -0.3 is 9.31 Å². The molecule has 33 heavy (non-hydrogen) atoms. The maximum atomic E-state index is 7.08. The second kappa shape index (κ2) is 8.84. The number of allylic oxidation sites excluding steroid dienone is 2. The molecule has 2 bridgehead atoms. The minimum atomic E-state index is -0.451. The molecule has 188 valence electrons. The summed E-state index contributed by atoms with van der Waals surface area (Å²) in [6.07, 6.45) is 14.6. The summed E-state index contributed by atoms with van der Waals surface area (Å²) in [5, 5.41) is 0. The van der Waals surface area contributed by atoms with Crippen LogP contribution in [0.25, 0.3) is 0 Å². The Kier molecular flexibility index (Phi) is 7.25. The molecule has 0 aromatic rings. The Labute approximate surface area is 206 Å². The molecule has 0 amide bonds. The van der Waals surface area contributed by atoms with Crippen LogP contribution in [0.3, 0.4) is 0 Å². The van der Waals surface area contributed by atoms with E-state index in [-0.39, 0.29) is 17.9 Å². The Balaban J connectivity index is 1.94. The summed E-state index contributed by atoms with van der Waals surface area (Å²) in [5.41, 5.74) is -0.749.